The molecule has 3 atom stereocenters. The third-order valence-corrected chi connectivity index (χ3v) is 9.22. The lowest BCUT2D eigenvalue weighted by atomic mass is 9.64. The number of para-hydroxylation sites is 1. The molecule has 4 aromatic rings. The summed E-state index contributed by atoms with van der Waals surface area (Å²) in [5.41, 5.74) is 1.73. The van der Waals surface area contributed by atoms with Gasteiger partial charge in [0.1, 0.15) is 11.5 Å². The molecule has 0 unspecified atom stereocenters. The van der Waals surface area contributed by atoms with Crippen LogP contribution >= 0.6 is 11.6 Å². The molecule has 0 aromatic heterocycles. The lowest BCUT2D eigenvalue weighted by Gasteiger charge is -2.37. The second-order valence-corrected chi connectivity index (χ2v) is 11.1. The van der Waals surface area contributed by atoms with Gasteiger partial charge in [-0.25, -0.2) is 0 Å². The number of ether oxygens (including phenoxy) is 2. The molecule has 7 rings (SSSR count). The summed E-state index contributed by atoms with van der Waals surface area (Å²) >= 11 is 6.61. The zero-order valence-corrected chi connectivity index (χ0v) is 23.7. The summed E-state index contributed by atoms with van der Waals surface area (Å²) in [7, 11) is 3.07. The molecule has 0 amide bonds. The van der Waals surface area contributed by atoms with Crippen LogP contribution in [0.2, 0.25) is 5.02 Å². The van der Waals surface area contributed by atoms with Gasteiger partial charge in [-0.3, -0.25) is 14.4 Å². The van der Waals surface area contributed by atoms with Crippen molar-refractivity contribution in [3.8, 4) is 11.5 Å². The van der Waals surface area contributed by atoms with E-state index in [-0.39, 0.29) is 17.3 Å². The van der Waals surface area contributed by atoms with Gasteiger partial charge < -0.3 is 14.4 Å². The quantitative estimate of drug-likeness (QED) is 0.195. The first-order chi connectivity index (χ1) is 20.4. The highest BCUT2D eigenvalue weighted by molar-refractivity contribution is 6.35. The first-order valence-corrected chi connectivity index (χ1v) is 14.1. The van der Waals surface area contributed by atoms with E-state index in [2.05, 4.69) is 0 Å². The summed E-state index contributed by atoms with van der Waals surface area (Å²) in [5.74, 6) is -0.811. The van der Waals surface area contributed by atoms with Crippen molar-refractivity contribution < 1.29 is 23.9 Å². The number of carbonyl (C=O) groups excluding carboxylic acids is 3. The van der Waals surface area contributed by atoms with Crippen LogP contribution < -0.4 is 14.4 Å². The molecule has 1 saturated heterocycles. The third-order valence-electron chi connectivity index (χ3n) is 8.89. The second-order valence-electron chi connectivity index (χ2n) is 10.7. The summed E-state index contributed by atoms with van der Waals surface area (Å²) in [4.78, 5) is 46.3. The monoisotopic (exact) mass is 575 g/mol. The number of methoxy groups -OCH3 is 2. The van der Waals surface area contributed by atoms with E-state index in [9.17, 15) is 14.4 Å². The van der Waals surface area contributed by atoms with Crippen molar-refractivity contribution in [3.05, 3.63) is 130 Å². The molecular weight excluding hydrogens is 550 g/mol. The summed E-state index contributed by atoms with van der Waals surface area (Å²) in [6, 6.07) is 25.2. The molecule has 0 N–H and O–H groups in total. The molecule has 2 heterocycles. The largest absolute Gasteiger partial charge is 0.493 e. The standard InChI is InChI=1S/C35H26ClNO5/c1-41-27-17-15-21(19-28(27)42-2)30-31(32(38)24-12-6-7-13-25(24)36)37-26-14-8-3-9-20(26)16-18-29(37)35(30)33(39)22-10-4-5-11-23(22)34(35)40/h3-19,29-31H,1-2H3/t29-,30+,31-/m1/s1. The highest BCUT2D eigenvalue weighted by atomic mass is 35.5. The highest BCUT2D eigenvalue weighted by Gasteiger charge is 2.71. The molecule has 208 valence electrons. The predicted octanol–water partition coefficient (Wildman–Crippen LogP) is 6.67. The Kier molecular flexibility index (Phi) is 6.06. The fourth-order valence-electron chi connectivity index (χ4n) is 7.16. The predicted molar refractivity (Wildman–Crippen MR) is 161 cm³/mol. The van der Waals surface area contributed by atoms with Gasteiger partial charge in [-0.05, 0) is 41.5 Å². The normalized spacial score (nSPS) is 21.2. The van der Waals surface area contributed by atoms with Crippen LogP contribution in [0.3, 0.4) is 0 Å². The van der Waals surface area contributed by atoms with E-state index in [0.717, 1.165) is 11.3 Å². The third kappa shape index (κ3) is 3.42. The van der Waals surface area contributed by atoms with Gasteiger partial charge in [-0.1, -0.05) is 84.4 Å². The Morgan fingerprint density at radius 2 is 1.45 bits per heavy atom. The molecule has 1 fully saturated rings. The molecule has 4 aromatic carbocycles. The van der Waals surface area contributed by atoms with Gasteiger partial charge in [0.25, 0.3) is 0 Å². The number of rotatable bonds is 5. The minimum Gasteiger partial charge on any atom is -0.493 e. The zero-order chi connectivity index (χ0) is 29.2. The maximum Gasteiger partial charge on any atom is 0.187 e. The molecule has 0 radical (unpaired) electrons. The SMILES string of the molecule is COc1ccc([C@H]2[C@H](C(=O)c3ccccc3Cl)N3c4ccccc4C=C[C@@H]3C23C(=O)c2ccccc2C3=O)cc1OC. The average molecular weight is 576 g/mol. The van der Waals surface area contributed by atoms with Crippen molar-refractivity contribution in [3.63, 3.8) is 0 Å². The Morgan fingerprint density at radius 1 is 0.810 bits per heavy atom. The number of carbonyl (C=O) groups is 3. The van der Waals surface area contributed by atoms with Gasteiger partial charge in [0.2, 0.25) is 0 Å². The highest BCUT2D eigenvalue weighted by Crippen LogP contribution is 2.61. The topological polar surface area (TPSA) is 72.9 Å². The van der Waals surface area contributed by atoms with Crippen molar-refractivity contribution in [1.82, 2.24) is 0 Å². The Balaban J connectivity index is 1.57. The number of hydrogen-bond donors (Lipinski definition) is 0. The van der Waals surface area contributed by atoms with E-state index >= 15 is 0 Å². The summed E-state index contributed by atoms with van der Waals surface area (Å²) < 4.78 is 11.1. The summed E-state index contributed by atoms with van der Waals surface area (Å²) in [6.07, 6.45) is 3.84. The molecule has 3 aliphatic rings. The Morgan fingerprint density at radius 3 is 2.14 bits per heavy atom. The van der Waals surface area contributed by atoms with E-state index in [1.165, 1.54) is 7.11 Å². The number of ketones is 3. The smallest absolute Gasteiger partial charge is 0.187 e. The molecule has 7 heteroatoms. The maximum atomic E-state index is 14.8. The Hall–Kier alpha value is -4.68. The van der Waals surface area contributed by atoms with Crippen LogP contribution in [0.15, 0.2) is 97.1 Å². The van der Waals surface area contributed by atoms with Crippen molar-refractivity contribution >= 4 is 40.7 Å². The van der Waals surface area contributed by atoms with E-state index in [1.54, 1.807) is 67.8 Å². The van der Waals surface area contributed by atoms with E-state index in [0.29, 0.717) is 38.8 Å². The second kappa shape index (κ2) is 9.71. The lowest BCUT2D eigenvalue weighted by molar-refractivity contribution is 0.0665. The van der Waals surface area contributed by atoms with Crippen LogP contribution in [-0.2, 0) is 0 Å². The summed E-state index contributed by atoms with van der Waals surface area (Å²) in [6.45, 7) is 0. The molecular formula is C35H26ClNO5. The van der Waals surface area contributed by atoms with Crippen molar-refractivity contribution in [2.45, 2.75) is 18.0 Å². The molecule has 1 aliphatic carbocycles. The fourth-order valence-corrected chi connectivity index (χ4v) is 7.39. The van der Waals surface area contributed by atoms with Crippen molar-refractivity contribution in [2.75, 3.05) is 19.1 Å². The van der Waals surface area contributed by atoms with Crippen LogP contribution in [0.1, 0.15) is 48.1 Å². The first kappa shape index (κ1) is 26.2. The minimum atomic E-state index is -1.62. The fraction of sp³-hybridized carbons (Fsp3) is 0.171. The van der Waals surface area contributed by atoms with E-state index in [1.807, 2.05) is 47.4 Å². The van der Waals surface area contributed by atoms with Crippen LogP contribution in [0, 0.1) is 5.41 Å². The molecule has 0 saturated carbocycles. The van der Waals surface area contributed by atoms with Crippen LogP contribution in [0.25, 0.3) is 6.08 Å². The van der Waals surface area contributed by atoms with Crippen molar-refractivity contribution in [2.24, 2.45) is 5.41 Å². The Labute approximate surface area is 248 Å². The number of halogens is 1. The maximum absolute atomic E-state index is 14.8. The van der Waals surface area contributed by atoms with Gasteiger partial charge in [0.05, 0.1) is 25.3 Å². The number of Topliss-reactive ketones (excluding diaryl/α,β-unsaturated/α-hetero) is 3. The number of hydrogen-bond acceptors (Lipinski definition) is 6. The number of nitrogens with zero attached hydrogens (tertiary/aromatic N) is 1. The van der Waals surface area contributed by atoms with Crippen LogP contribution in [0.4, 0.5) is 5.69 Å². The zero-order valence-electron chi connectivity index (χ0n) is 22.9. The van der Waals surface area contributed by atoms with Gasteiger partial charge in [0, 0.05) is 28.3 Å². The number of fused-ring (bicyclic) bond motifs is 5. The van der Waals surface area contributed by atoms with Crippen LogP contribution in [0.5, 0.6) is 11.5 Å². The number of benzene rings is 4. The van der Waals surface area contributed by atoms with Gasteiger partial charge >= 0.3 is 0 Å². The molecule has 0 bridgehead atoms. The van der Waals surface area contributed by atoms with Gasteiger partial charge in [-0.2, -0.15) is 0 Å². The van der Waals surface area contributed by atoms with E-state index < -0.39 is 23.4 Å². The molecule has 6 nitrogen and oxygen atoms in total. The Bertz CT molecular complexity index is 1790. The average Bonchev–Trinajstić information content (AvgIpc) is 3.46. The minimum absolute atomic E-state index is 0.274. The van der Waals surface area contributed by atoms with Gasteiger partial charge in [-0.15, -0.1) is 0 Å². The molecule has 1 spiro atoms. The lowest BCUT2D eigenvalue weighted by Crippen LogP contribution is -2.48. The van der Waals surface area contributed by atoms with Crippen LogP contribution in [-0.4, -0.2) is 43.7 Å². The molecule has 2 aliphatic heterocycles. The first-order valence-electron chi connectivity index (χ1n) is 13.7. The van der Waals surface area contributed by atoms with Gasteiger partial charge in [0.15, 0.2) is 28.8 Å². The number of anilines is 1. The molecule has 42 heavy (non-hydrogen) atoms. The summed E-state index contributed by atoms with van der Waals surface area (Å²) in [5, 5.41) is 0.305. The van der Waals surface area contributed by atoms with E-state index in [4.69, 9.17) is 21.1 Å². The van der Waals surface area contributed by atoms with Crippen molar-refractivity contribution in [1.29, 1.82) is 0 Å².